The molecule has 2 nitrogen and oxygen atoms in total. The molecule has 0 aromatic heterocycles. The summed E-state index contributed by atoms with van der Waals surface area (Å²) in [5, 5.41) is 0. The SMILES string of the molecule is CCCOc1ccc(-c2cccc3c2Cc2ccccc2-3)c2c1O2. The first-order valence-electron chi connectivity index (χ1n) is 8.55. The van der Waals surface area contributed by atoms with Crippen molar-refractivity contribution in [2.75, 3.05) is 6.61 Å². The van der Waals surface area contributed by atoms with Crippen LogP contribution < -0.4 is 9.47 Å². The van der Waals surface area contributed by atoms with Crippen molar-refractivity contribution in [3.05, 3.63) is 65.7 Å². The average Bonchev–Trinajstić information content (AvgIpc) is 3.33. The molecule has 0 unspecified atom stereocenters. The Bertz CT molecular complexity index is 956. The second-order valence-corrected chi connectivity index (χ2v) is 6.39. The minimum Gasteiger partial charge on any atom is -0.490 e. The summed E-state index contributed by atoms with van der Waals surface area (Å²) in [6, 6.07) is 19.4. The molecule has 0 amide bonds. The maximum atomic E-state index is 5.76. The Morgan fingerprint density at radius 3 is 2.50 bits per heavy atom. The smallest absolute Gasteiger partial charge is 0.212 e. The quantitative estimate of drug-likeness (QED) is 0.390. The summed E-state index contributed by atoms with van der Waals surface area (Å²) in [6.45, 7) is 2.84. The highest BCUT2D eigenvalue weighted by Crippen LogP contribution is 2.59. The van der Waals surface area contributed by atoms with Crippen molar-refractivity contribution >= 4 is 0 Å². The van der Waals surface area contributed by atoms with E-state index in [0.29, 0.717) is 0 Å². The van der Waals surface area contributed by atoms with Gasteiger partial charge >= 0.3 is 0 Å². The lowest BCUT2D eigenvalue weighted by Crippen LogP contribution is -1.93. The van der Waals surface area contributed by atoms with Gasteiger partial charge < -0.3 is 9.47 Å². The van der Waals surface area contributed by atoms with Gasteiger partial charge in [-0.25, -0.2) is 0 Å². The summed E-state index contributed by atoms with van der Waals surface area (Å²) in [5.74, 6) is 2.76. The van der Waals surface area contributed by atoms with Gasteiger partial charge in [0.1, 0.15) is 0 Å². The molecule has 2 heteroatoms. The summed E-state index contributed by atoms with van der Waals surface area (Å²) in [5.41, 5.74) is 7.98. The largest absolute Gasteiger partial charge is 0.490 e. The highest BCUT2D eigenvalue weighted by molar-refractivity contribution is 5.90. The first-order valence-corrected chi connectivity index (χ1v) is 8.55. The molecule has 0 bridgehead atoms. The maximum Gasteiger partial charge on any atom is 0.212 e. The molecule has 0 spiro atoms. The molecule has 24 heavy (non-hydrogen) atoms. The van der Waals surface area contributed by atoms with Crippen LogP contribution in [0.4, 0.5) is 0 Å². The van der Waals surface area contributed by atoms with E-state index in [4.69, 9.17) is 9.47 Å². The van der Waals surface area contributed by atoms with Crippen LogP contribution in [0, 0.1) is 0 Å². The van der Waals surface area contributed by atoms with E-state index < -0.39 is 0 Å². The minimum atomic E-state index is 0.727. The molecule has 3 aromatic carbocycles. The van der Waals surface area contributed by atoms with Gasteiger partial charge in [-0.15, -0.1) is 0 Å². The third-order valence-corrected chi connectivity index (χ3v) is 4.84. The van der Waals surface area contributed by atoms with E-state index in [0.717, 1.165) is 36.7 Å². The lowest BCUT2D eigenvalue weighted by Gasteiger charge is -2.08. The van der Waals surface area contributed by atoms with Gasteiger partial charge in [-0.05, 0) is 52.8 Å². The molecule has 0 saturated carbocycles. The summed E-state index contributed by atoms with van der Waals surface area (Å²) >= 11 is 0. The Balaban J connectivity index is 1.59. The normalized spacial score (nSPS) is 12.9. The second kappa shape index (κ2) is 5.13. The molecule has 0 saturated heterocycles. The number of rotatable bonds is 4. The van der Waals surface area contributed by atoms with Gasteiger partial charge in [-0.3, -0.25) is 0 Å². The predicted octanol–water partition coefficient (Wildman–Crippen LogP) is 5.82. The lowest BCUT2D eigenvalue weighted by atomic mass is 9.95. The Morgan fingerprint density at radius 2 is 1.62 bits per heavy atom. The Kier molecular flexibility index (Phi) is 2.93. The van der Waals surface area contributed by atoms with Gasteiger partial charge in [0.05, 0.1) is 6.61 Å². The zero-order valence-electron chi connectivity index (χ0n) is 13.6. The average molecular weight is 314 g/mol. The topological polar surface area (TPSA) is 21.8 Å². The minimum absolute atomic E-state index is 0.727. The molecule has 2 aliphatic rings. The van der Waals surface area contributed by atoms with Gasteiger partial charge in [0.2, 0.25) is 5.75 Å². The van der Waals surface area contributed by atoms with Crippen molar-refractivity contribution in [3.63, 3.8) is 0 Å². The van der Waals surface area contributed by atoms with E-state index in [1.54, 1.807) is 0 Å². The predicted molar refractivity (Wildman–Crippen MR) is 96.0 cm³/mol. The Hall–Kier alpha value is -2.74. The van der Waals surface area contributed by atoms with Crippen LogP contribution in [-0.4, -0.2) is 6.61 Å². The molecule has 0 N–H and O–H groups in total. The first-order chi connectivity index (χ1) is 11.9. The molecular weight excluding hydrogens is 296 g/mol. The van der Waals surface area contributed by atoms with Crippen LogP contribution in [0.2, 0.25) is 0 Å². The summed E-state index contributed by atoms with van der Waals surface area (Å²) in [6.07, 6.45) is 1.99. The molecule has 0 fully saturated rings. The van der Waals surface area contributed by atoms with E-state index in [1.165, 1.54) is 33.4 Å². The molecule has 5 rings (SSSR count). The van der Waals surface area contributed by atoms with Crippen molar-refractivity contribution < 1.29 is 9.47 Å². The van der Waals surface area contributed by atoms with Crippen LogP contribution >= 0.6 is 0 Å². The lowest BCUT2D eigenvalue weighted by molar-refractivity contribution is 0.314. The highest BCUT2D eigenvalue weighted by Gasteiger charge is 2.32. The molecule has 118 valence electrons. The third-order valence-electron chi connectivity index (χ3n) is 4.84. The van der Waals surface area contributed by atoms with Crippen LogP contribution in [0.1, 0.15) is 24.5 Å². The summed E-state index contributed by atoms with van der Waals surface area (Å²) < 4.78 is 11.5. The van der Waals surface area contributed by atoms with Crippen LogP contribution in [0.25, 0.3) is 22.3 Å². The number of hydrogen-bond donors (Lipinski definition) is 0. The molecule has 0 atom stereocenters. The fraction of sp³-hybridized carbons (Fsp3) is 0.182. The molecule has 0 radical (unpaired) electrons. The van der Waals surface area contributed by atoms with Crippen LogP contribution in [0.5, 0.6) is 17.2 Å². The van der Waals surface area contributed by atoms with Crippen molar-refractivity contribution in [1.29, 1.82) is 0 Å². The van der Waals surface area contributed by atoms with Gasteiger partial charge in [0.25, 0.3) is 0 Å². The van der Waals surface area contributed by atoms with Crippen molar-refractivity contribution in [2.24, 2.45) is 0 Å². The standard InChI is InChI=1S/C22H18O2/c1-2-12-23-20-11-10-18(21-22(20)24-21)17-9-5-8-16-15-7-4-3-6-14(15)13-19(16)17/h3-11H,2,12-13H2,1H3. The molecular formula is C22H18O2. The number of fused-ring (bicyclic) bond motifs is 4. The maximum absolute atomic E-state index is 5.76. The molecule has 1 aliphatic heterocycles. The van der Waals surface area contributed by atoms with E-state index in [-0.39, 0.29) is 0 Å². The zero-order valence-corrected chi connectivity index (χ0v) is 13.6. The molecule has 1 heterocycles. The Morgan fingerprint density at radius 1 is 0.833 bits per heavy atom. The second-order valence-electron chi connectivity index (χ2n) is 6.39. The van der Waals surface area contributed by atoms with E-state index in [9.17, 15) is 0 Å². The van der Waals surface area contributed by atoms with Crippen LogP contribution in [0.15, 0.2) is 54.6 Å². The van der Waals surface area contributed by atoms with Crippen molar-refractivity contribution in [1.82, 2.24) is 0 Å². The zero-order chi connectivity index (χ0) is 16.1. The highest BCUT2D eigenvalue weighted by atomic mass is 16.6. The third kappa shape index (κ3) is 1.96. The fourth-order valence-corrected chi connectivity index (χ4v) is 3.67. The van der Waals surface area contributed by atoms with Gasteiger partial charge in [0, 0.05) is 5.56 Å². The van der Waals surface area contributed by atoms with Crippen LogP contribution in [0.3, 0.4) is 0 Å². The van der Waals surface area contributed by atoms with Crippen molar-refractivity contribution in [3.8, 4) is 39.5 Å². The van der Waals surface area contributed by atoms with Crippen molar-refractivity contribution in [2.45, 2.75) is 19.8 Å². The van der Waals surface area contributed by atoms with Gasteiger partial charge in [-0.2, -0.15) is 0 Å². The van der Waals surface area contributed by atoms with Gasteiger partial charge in [0.15, 0.2) is 11.5 Å². The van der Waals surface area contributed by atoms with E-state index in [2.05, 4.69) is 55.5 Å². The number of ether oxygens (including phenoxy) is 2. The van der Waals surface area contributed by atoms with E-state index in [1.807, 2.05) is 6.07 Å². The fourth-order valence-electron chi connectivity index (χ4n) is 3.67. The monoisotopic (exact) mass is 314 g/mol. The molecule has 3 aromatic rings. The first kappa shape index (κ1) is 13.7. The van der Waals surface area contributed by atoms with Crippen LogP contribution in [-0.2, 0) is 6.42 Å². The van der Waals surface area contributed by atoms with Gasteiger partial charge in [-0.1, -0.05) is 49.4 Å². The van der Waals surface area contributed by atoms with E-state index >= 15 is 0 Å². The summed E-state index contributed by atoms with van der Waals surface area (Å²) in [7, 11) is 0. The molecule has 1 aliphatic carbocycles. The Labute approximate surface area is 141 Å². The summed E-state index contributed by atoms with van der Waals surface area (Å²) in [4.78, 5) is 0. The number of hydrogen-bond acceptors (Lipinski definition) is 2. The number of benzene rings is 3.